The first-order valence-corrected chi connectivity index (χ1v) is 6.39. The van der Waals surface area contributed by atoms with E-state index in [1.165, 1.54) is 6.92 Å². The molecule has 0 aliphatic carbocycles. The molecule has 0 aliphatic rings. The molecule has 0 bridgehead atoms. The lowest BCUT2D eigenvalue weighted by Crippen LogP contribution is -2.40. The highest BCUT2D eigenvalue weighted by molar-refractivity contribution is 6.30. The van der Waals surface area contributed by atoms with E-state index in [4.69, 9.17) is 16.7 Å². The molecule has 1 atom stereocenters. The second kappa shape index (κ2) is 6.31. The van der Waals surface area contributed by atoms with E-state index in [1.54, 1.807) is 24.3 Å². The molecule has 0 unspecified atom stereocenters. The standard InChI is InChI=1S/C12H12ClN5O3/c1-7(12(20)21)14-10(19)6-18-16-11(15-17-18)8-2-4-9(13)5-3-8/h2-5,7H,6H2,1H3,(H,14,19)(H,20,21)/t7-/m0/s1. The van der Waals surface area contributed by atoms with Crippen LogP contribution < -0.4 is 5.32 Å². The summed E-state index contributed by atoms with van der Waals surface area (Å²) in [6.07, 6.45) is 0. The highest BCUT2D eigenvalue weighted by atomic mass is 35.5. The molecule has 0 radical (unpaired) electrons. The third-order valence-electron chi connectivity index (χ3n) is 2.59. The number of benzene rings is 1. The summed E-state index contributed by atoms with van der Waals surface area (Å²) in [6, 6.07) is 5.88. The van der Waals surface area contributed by atoms with Gasteiger partial charge in [-0.25, -0.2) is 0 Å². The van der Waals surface area contributed by atoms with E-state index in [9.17, 15) is 9.59 Å². The predicted octanol–water partition coefficient (Wildman–Crippen LogP) is 0.583. The summed E-state index contributed by atoms with van der Waals surface area (Å²) in [7, 11) is 0. The van der Waals surface area contributed by atoms with Crippen molar-refractivity contribution in [1.82, 2.24) is 25.5 Å². The monoisotopic (exact) mass is 309 g/mol. The number of hydrogen-bond donors (Lipinski definition) is 2. The number of nitrogens with one attached hydrogen (secondary N) is 1. The fraction of sp³-hybridized carbons (Fsp3) is 0.250. The topological polar surface area (TPSA) is 110 Å². The SMILES string of the molecule is C[C@H](NC(=O)Cn1nnc(-c2ccc(Cl)cc2)n1)C(=O)O. The molecule has 1 heterocycles. The van der Waals surface area contributed by atoms with Crippen molar-refractivity contribution in [3.05, 3.63) is 29.3 Å². The molecule has 1 aromatic heterocycles. The van der Waals surface area contributed by atoms with Gasteiger partial charge in [0.1, 0.15) is 12.6 Å². The number of carboxylic acids is 1. The Hall–Kier alpha value is -2.48. The number of carbonyl (C=O) groups is 2. The molecule has 0 spiro atoms. The number of aliphatic carboxylic acids is 1. The number of aromatic nitrogens is 4. The summed E-state index contributed by atoms with van der Waals surface area (Å²) in [5.41, 5.74) is 0.713. The Balaban J connectivity index is 2.01. The molecular formula is C12H12ClN5O3. The minimum absolute atomic E-state index is 0.210. The van der Waals surface area contributed by atoms with Crippen molar-refractivity contribution >= 4 is 23.5 Å². The Bertz CT molecular complexity index is 655. The van der Waals surface area contributed by atoms with Crippen molar-refractivity contribution in [3.63, 3.8) is 0 Å². The first kappa shape index (κ1) is 14.9. The molecule has 110 valence electrons. The van der Waals surface area contributed by atoms with E-state index in [2.05, 4.69) is 20.7 Å². The summed E-state index contributed by atoms with van der Waals surface area (Å²) in [5.74, 6) is -1.27. The summed E-state index contributed by atoms with van der Waals surface area (Å²) >= 11 is 5.78. The summed E-state index contributed by atoms with van der Waals surface area (Å²) in [6.45, 7) is 1.16. The fourth-order valence-corrected chi connectivity index (χ4v) is 1.63. The van der Waals surface area contributed by atoms with Crippen LogP contribution in [-0.4, -0.2) is 43.2 Å². The van der Waals surface area contributed by atoms with Gasteiger partial charge >= 0.3 is 5.97 Å². The second-order valence-electron chi connectivity index (χ2n) is 4.28. The fourth-order valence-electron chi connectivity index (χ4n) is 1.50. The van der Waals surface area contributed by atoms with Gasteiger partial charge < -0.3 is 10.4 Å². The lowest BCUT2D eigenvalue weighted by molar-refractivity contribution is -0.141. The van der Waals surface area contributed by atoms with E-state index in [-0.39, 0.29) is 6.54 Å². The summed E-state index contributed by atoms with van der Waals surface area (Å²) in [5, 5.41) is 23.2. The highest BCUT2D eigenvalue weighted by Gasteiger charge is 2.15. The maximum absolute atomic E-state index is 11.6. The lowest BCUT2D eigenvalue weighted by Gasteiger charge is -2.07. The van der Waals surface area contributed by atoms with Crippen LogP contribution in [0.1, 0.15) is 6.92 Å². The maximum atomic E-state index is 11.6. The van der Waals surface area contributed by atoms with Crippen LogP contribution in [0.25, 0.3) is 11.4 Å². The van der Waals surface area contributed by atoms with Crippen LogP contribution in [0.3, 0.4) is 0 Å². The average molecular weight is 310 g/mol. The summed E-state index contributed by atoms with van der Waals surface area (Å²) in [4.78, 5) is 23.3. The molecule has 1 aromatic carbocycles. The van der Waals surface area contributed by atoms with Crippen molar-refractivity contribution in [2.75, 3.05) is 0 Å². The molecule has 9 heteroatoms. The van der Waals surface area contributed by atoms with Gasteiger partial charge in [-0.15, -0.1) is 10.2 Å². The van der Waals surface area contributed by atoms with Crippen LogP contribution in [0.2, 0.25) is 5.02 Å². The van der Waals surface area contributed by atoms with Gasteiger partial charge in [0, 0.05) is 10.6 Å². The number of rotatable bonds is 5. The van der Waals surface area contributed by atoms with Crippen LogP contribution in [-0.2, 0) is 16.1 Å². The Morgan fingerprint density at radius 1 is 1.38 bits per heavy atom. The first-order valence-electron chi connectivity index (χ1n) is 6.01. The molecule has 1 amide bonds. The minimum Gasteiger partial charge on any atom is -0.480 e. The number of halogens is 1. The quantitative estimate of drug-likeness (QED) is 0.836. The molecular weight excluding hydrogens is 298 g/mol. The predicted molar refractivity (Wildman–Crippen MR) is 73.5 cm³/mol. The molecule has 2 rings (SSSR count). The molecule has 8 nitrogen and oxygen atoms in total. The smallest absolute Gasteiger partial charge is 0.325 e. The zero-order valence-corrected chi connectivity index (χ0v) is 11.8. The van der Waals surface area contributed by atoms with Gasteiger partial charge in [0.15, 0.2) is 0 Å². The molecule has 0 aliphatic heterocycles. The number of tetrazole rings is 1. The normalized spacial score (nSPS) is 11.9. The van der Waals surface area contributed by atoms with Gasteiger partial charge in [0.05, 0.1) is 0 Å². The van der Waals surface area contributed by atoms with Crippen molar-refractivity contribution < 1.29 is 14.7 Å². The Kier molecular flexibility index (Phi) is 4.49. The van der Waals surface area contributed by atoms with Gasteiger partial charge in [0.25, 0.3) is 0 Å². The van der Waals surface area contributed by atoms with Gasteiger partial charge in [-0.2, -0.15) is 4.80 Å². The first-order chi connectivity index (χ1) is 9.95. The van der Waals surface area contributed by atoms with Crippen molar-refractivity contribution in [2.45, 2.75) is 19.5 Å². The Morgan fingerprint density at radius 2 is 2.05 bits per heavy atom. The Labute approximate surface area is 124 Å². The van der Waals surface area contributed by atoms with E-state index < -0.39 is 17.9 Å². The molecule has 2 aromatic rings. The van der Waals surface area contributed by atoms with Gasteiger partial charge in [-0.1, -0.05) is 11.6 Å². The van der Waals surface area contributed by atoms with E-state index >= 15 is 0 Å². The van der Waals surface area contributed by atoms with Gasteiger partial charge in [-0.05, 0) is 36.4 Å². The van der Waals surface area contributed by atoms with Crippen LogP contribution >= 0.6 is 11.6 Å². The molecule has 0 saturated carbocycles. The van der Waals surface area contributed by atoms with E-state index in [0.29, 0.717) is 16.4 Å². The van der Waals surface area contributed by atoms with Gasteiger partial charge in [0.2, 0.25) is 11.7 Å². The zero-order chi connectivity index (χ0) is 15.4. The molecule has 0 saturated heterocycles. The van der Waals surface area contributed by atoms with Gasteiger partial charge in [-0.3, -0.25) is 9.59 Å². The number of amides is 1. The van der Waals surface area contributed by atoms with Crippen LogP contribution in [0, 0.1) is 0 Å². The van der Waals surface area contributed by atoms with Crippen molar-refractivity contribution in [1.29, 1.82) is 0 Å². The molecule has 2 N–H and O–H groups in total. The van der Waals surface area contributed by atoms with Crippen LogP contribution in [0.4, 0.5) is 0 Å². The lowest BCUT2D eigenvalue weighted by atomic mass is 10.2. The number of hydrogen-bond acceptors (Lipinski definition) is 5. The van der Waals surface area contributed by atoms with Crippen LogP contribution in [0.15, 0.2) is 24.3 Å². The molecule has 21 heavy (non-hydrogen) atoms. The second-order valence-corrected chi connectivity index (χ2v) is 4.71. The number of nitrogens with zero attached hydrogens (tertiary/aromatic N) is 4. The number of carbonyl (C=O) groups excluding carboxylic acids is 1. The average Bonchev–Trinajstić information content (AvgIpc) is 2.87. The van der Waals surface area contributed by atoms with E-state index in [0.717, 1.165) is 4.80 Å². The summed E-state index contributed by atoms with van der Waals surface area (Å²) < 4.78 is 0. The largest absolute Gasteiger partial charge is 0.480 e. The third-order valence-corrected chi connectivity index (χ3v) is 2.84. The number of carboxylic acid groups (broad SMARTS) is 1. The third kappa shape index (κ3) is 3.99. The highest BCUT2D eigenvalue weighted by Crippen LogP contribution is 2.16. The van der Waals surface area contributed by atoms with Crippen LogP contribution in [0.5, 0.6) is 0 Å². The minimum atomic E-state index is -1.11. The van der Waals surface area contributed by atoms with Crippen molar-refractivity contribution in [2.24, 2.45) is 0 Å². The zero-order valence-electron chi connectivity index (χ0n) is 11.0. The maximum Gasteiger partial charge on any atom is 0.325 e. The van der Waals surface area contributed by atoms with Crippen molar-refractivity contribution in [3.8, 4) is 11.4 Å². The van der Waals surface area contributed by atoms with E-state index in [1.807, 2.05) is 0 Å². The Morgan fingerprint density at radius 3 is 2.67 bits per heavy atom. The molecule has 0 fully saturated rings.